The Labute approximate surface area is 114 Å². The lowest BCUT2D eigenvalue weighted by Crippen LogP contribution is -2.42. The van der Waals surface area contributed by atoms with Gasteiger partial charge in [0.1, 0.15) is 0 Å². The zero-order chi connectivity index (χ0) is 12.5. The van der Waals surface area contributed by atoms with E-state index < -0.39 is 0 Å². The normalized spacial score (nSPS) is 14.2. The molecule has 1 saturated heterocycles. The van der Waals surface area contributed by atoms with Gasteiger partial charge in [-0.3, -0.25) is 9.59 Å². The number of amides is 2. The molecular formula is C11H22ClN3O3. The molecule has 1 heterocycles. The monoisotopic (exact) mass is 279 g/mol. The van der Waals surface area contributed by atoms with Crippen LogP contribution in [0, 0.1) is 0 Å². The summed E-state index contributed by atoms with van der Waals surface area (Å²) in [5.41, 5.74) is 0. The predicted molar refractivity (Wildman–Crippen MR) is 70.8 cm³/mol. The van der Waals surface area contributed by atoms with E-state index in [9.17, 15) is 9.59 Å². The molecule has 0 spiro atoms. The molecule has 18 heavy (non-hydrogen) atoms. The lowest BCUT2D eigenvalue weighted by molar-refractivity contribution is -0.131. The number of ether oxygens (including phenoxy) is 1. The van der Waals surface area contributed by atoms with Crippen molar-refractivity contribution in [1.82, 2.24) is 15.5 Å². The van der Waals surface area contributed by atoms with Gasteiger partial charge >= 0.3 is 0 Å². The first-order valence-electron chi connectivity index (χ1n) is 5.98. The van der Waals surface area contributed by atoms with Gasteiger partial charge in [0.2, 0.25) is 11.8 Å². The van der Waals surface area contributed by atoms with E-state index >= 15 is 0 Å². The van der Waals surface area contributed by atoms with E-state index in [1.54, 1.807) is 12.0 Å². The summed E-state index contributed by atoms with van der Waals surface area (Å²) in [5, 5.41) is 5.52. The van der Waals surface area contributed by atoms with Crippen LogP contribution < -0.4 is 10.6 Å². The Kier molecular flexibility index (Phi) is 9.63. The Balaban J connectivity index is 0.00000289. The van der Waals surface area contributed by atoms with E-state index in [0.717, 1.165) is 25.9 Å². The largest absolute Gasteiger partial charge is 0.383 e. The Morgan fingerprint density at radius 1 is 1.22 bits per heavy atom. The Morgan fingerprint density at radius 3 is 2.50 bits per heavy atom. The molecule has 106 valence electrons. The maximum absolute atomic E-state index is 11.6. The van der Waals surface area contributed by atoms with Crippen molar-refractivity contribution in [3.05, 3.63) is 0 Å². The average molecular weight is 280 g/mol. The van der Waals surface area contributed by atoms with Crippen LogP contribution in [-0.4, -0.2) is 63.2 Å². The highest BCUT2D eigenvalue weighted by Gasteiger charge is 2.17. The SMILES string of the molecule is COCCNCC(=O)NCC(=O)N1CCCC1.Cl. The first-order valence-corrected chi connectivity index (χ1v) is 5.98. The van der Waals surface area contributed by atoms with Crippen molar-refractivity contribution < 1.29 is 14.3 Å². The van der Waals surface area contributed by atoms with Crippen LogP contribution >= 0.6 is 12.4 Å². The molecule has 0 atom stereocenters. The minimum Gasteiger partial charge on any atom is -0.383 e. The third-order valence-electron chi connectivity index (χ3n) is 2.66. The molecule has 1 fully saturated rings. The summed E-state index contributed by atoms with van der Waals surface area (Å²) < 4.78 is 4.83. The second-order valence-corrected chi connectivity index (χ2v) is 4.03. The number of rotatable bonds is 7. The molecule has 0 radical (unpaired) electrons. The molecule has 0 unspecified atom stereocenters. The lowest BCUT2D eigenvalue weighted by Gasteiger charge is -2.15. The van der Waals surface area contributed by atoms with E-state index in [1.807, 2.05) is 0 Å². The van der Waals surface area contributed by atoms with Crippen LogP contribution in [0.1, 0.15) is 12.8 Å². The number of hydrogen-bond donors (Lipinski definition) is 2. The standard InChI is InChI=1S/C11H21N3O3.ClH/c1-17-7-4-12-8-10(15)13-9-11(16)14-5-2-3-6-14;/h12H,2-9H2,1H3,(H,13,15);1H. The van der Waals surface area contributed by atoms with Gasteiger partial charge in [-0.25, -0.2) is 0 Å². The van der Waals surface area contributed by atoms with Crippen LogP contribution in [0.5, 0.6) is 0 Å². The van der Waals surface area contributed by atoms with Gasteiger partial charge in [-0.15, -0.1) is 12.4 Å². The second-order valence-electron chi connectivity index (χ2n) is 4.03. The fraction of sp³-hybridized carbons (Fsp3) is 0.818. The molecule has 0 bridgehead atoms. The fourth-order valence-electron chi connectivity index (χ4n) is 1.69. The van der Waals surface area contributed by atoms with Gasteiger partial charge in [-0.2, -0.15) is 0 Å². The zero-order valence-electron chi connectivity index (χ0n) is 10.7. The van der Waals surface area contributed by atoms with Gasteiger partial charge in [0, 0.05) is 26.7 Å². The van der Waals surface area contributed by atoms with E-state index in [0.29, 0.717) is 13.2 Å². The van der Waals surface area contributed by atoms with Crippen molar-refractivity contribution >= 4 is 24.2 Å². The molecule has 0 saturated carbocycles. The quantitative estimate of drug-likeness (QED) is 0.610. The molecule has 1 aliphatic heterocycles. The molecular weight excluding hydrogens is 258 g/mol. The summed E-state index contributed by atoms with van der Waals surface area (Å²) in [6.07, 6.45) is 2.14. The molecule has 1 aliphatic rings. The van der Waals surface area contributed by atoms with E-state index in [1.165, 1.54) is 0 Å². The van der Waals surface area contributed by atoms with E-state index in [2.05, 4.69) is 10.6 Å². The third-order valence-corrected chi connectivity index (χ3v) is 2.66. The maximum Gasteiger partial charge on any atom is 0.241 e. The van der Waals surface area contributed by atoms with Crippen molar-refractivity contribution in [3.63, 3.8) is 0 Å². The number of nitrogens with one attached hydrogen (secondary N) is 2. The smallest absolute Gasteiger partial charge is 0.241 e. The summed E-state index contributed by atoms with van der Waals surface area (Å²) in [4.78, 5) is 24.7. The molecule has 0 aromatic rings. The Morgan fingerprint density at radius 2 is 1.89 bits per heavy atom. The highest BCUT2D eigenvalue weighted by Crippen LogP contribution is 2.06. The van der Waals surface area contributed by atoms with Crippen LogP contribution in [0.3, 0.4) is 0 Å². The first kappa shape index (κ1) is 17.2. The van der Waals surface area contributed by atoms with Crippen molar-refractivity contribution in [2.24, 2.45) is 0 Å². The average Bonchev–Trinajstić information content (AvgIpc) is 2.85. The van der Waals surface area contributed by atoms with Crippen LogP contribution in [0.25, 0.3) is 0 Å². The van der Waals surface area contributed by atoms with Gasteiger partial charge in [-0.1, -0.05) is 0 Å². The number of nitrogens with zero attached hydrogens (tertiary/aromatic N) is 1. The van der Waals surface area contributed by atoms with E-state index in [4.69, 9.17) is 4.74 Å². The maximum atomic E-state index is 11.6. The minimum atomic E-state index is -0.159. The second kappa shape index (κ2) is 10.1. The van der Waals surface area contributed by atoms with Gasteiger partial charge in [0.05, 0.1) is 19.7 Å². The molecule has 1 rings (SSSR count). The highest BCUT2D eigenvalue weighted by atomic mass is 35.5. The number of carbonyl (C=O) groups is 2. The first-order chi connectivity index (χ1) is 8.24. The number of halogens is 1. The van der Waals surface area contributed by atoms with Gasteiger partial charge in [-0.05, 0) is 12.8 Å². The van der Waals surface area contributed by atoms with Gasteiger partial charge < -0.3 is 20.3 Å². The zero-order valence-corrected chi connectivity index (χ0v) is 11.6. The summed E-state index contributed by atoms with van der Waals surface area (Å²) >= 11 is 0. The van der Waals surface area contributed by atoms with Crippen molar-refractivity contribution in [3.8, 4) is 0 Å². The van der Waals surface area contributed by atoms with Crippen molar-refractivity contribution in [2.75, 3.05) is 46.4 Å². The highest BCUT2D eigenvalue weighted by molar-refractivity contribution is 5.86. The summed E-state index contributed by atoms with van der Waals surface area (Å²) in [7, 11) is 1.61. The molecule has 2 N–H and O–H groups in total. The van der Waals surface area contributed by atoms with Crippen LogP contribution in [-0.2, 0) is 14.3 Å². The summed E-state index contributed by atoms with van der Waals surface area (Å²) in [5.74, 6) is -0.151. The van der Waals surface area contributed by atoms with Crippen LogP contribution in [0.2, 0.25) is 0 Å². The van der Waals surface area contributed by atoms with Crippen molar-refractivity contribution in [1.29, 1.82) is 0 Å². The summed E-state index contributed by atoms with van der Waals surface area (Å²) in [6, 6.07) is 0. The number of carbonyl (C=O) groups excluding carboxylic acids is 2. The Hall–Kier alpha value is -0.850. The number of likely N-dealkylation sites (tertiary alicyclic amines) is 1. The van der Waals surface area contributed by atoms with Crippen LogP contribution in [0.15, 0.2) is 0 Å². The molecule has 2 amide bonds. The fourth-order valence-corrected chi connectivity index (χ4v) is 1.69. The van der Waals surface area contributed by atoms with Crippen molar-refractivity contribution in [2.45, 2.75) is 12.8 Å². The molecule has 0 aromatic carbocycles. The molecule has 0 aromatic heterocycles. The topological polar surface area (TPSA) is 70.7 Å². The lowest BCUT2D eigenvalue weighted by atomic mass is 10.4. The molecule has 7 heteroatoms. The van der Waals surface area contributed by atoms with Crippen LogP contribution in [0.4, 0.5) is 0 Å². The van der Waals surface area contributed by atoms with Gasteiger partial charge in [0.25, 0.3) is 0 Å². The minimum absolute atomic E-state index is 0. The van der Waals surface area contributed by atoms with E-state index in [-0.39, 0.29) is 37.3 Å². The summed E-state index contributed by atoms with van der Waals surface area (Å²) in [6.45, 7) is 3.16. The molecule has 0 aliphatic carbocycles. The number of hydrogen-bond acceptors (Lipinski definition) is 4. The van der Waals surface area contributed by atoms with Gasteiger partial charge in [0.15, 0.2) is 0 Å². The predicted octanol–water partition coefficient (Wildman–Crippen LogP) is -0.617. The molecule has 6 nitrogen and oxygen atoms in total. The third kappa shape index (κ3) is 6.78. The number of methoxy groups -OCH3 is 1. The Bertz CT molecular complexity index is 258.